The third-order valence-corrected chi connectivity index (χ3v) is 3.50. The van der Waals surface area contributed by atoms with Crippen LogP contribution in [0.5, 0.6) is 11.5 Å². The average Bonchev–Trinajstić information content (AvgIpc) is 3.19. The van der Waals surface area contributed by atoms with Gasteiger partial charge in [-0.2, -0.15) is 0 Å². The Bertz CT molecular complexity index is 398. The van der Waals surface area contributed by atoms with Gasteiger partial charge in [0.05, 0.1) is 6.10 Å². The number of benzene rings is 1. The first-order valence-electron chi connectivity index (χ1n) is 6.40. The van der Waals surface area contributed by atoms with Crippen molar-refractivity contribution < 1.29 is 14.6 Å². The molecule has 3 rings (SSSR count). The molecule has 1 aliphatic carbocycles. The lowest BCUT2D eigenvalue weighted by Crippen LogP contribution is -2.15. The predicted octanol–water partition coefficient (Wildman–Crippen LogP) is 2.68. The van der Waals surface area contributed by atoms with Crippen molar-refractivity contribution in [1.82, 2.24) is 0 Å². The van der Waals surface area contributed by atoms with Crippen molar-refractivity contribution in [2.24, 2.45) is 5.92 Å². The van der Waals surface area contributed by atoms with Crippen molar-refractivity contribution >= 4 is 0 Å². The van der Waals surface area contributed by atoms with Crippen LogP contribution in [0.1, 0.15) is 37.4 Å². The third-order valence-electron chi connectivity index (χ3n) is 3.50. The van der Waals surface area contributed by atoms with Crippen molar-refractivity contribution in [1.29, 1.82) is 0 Å². The largest absolute Gasteiger partial charge is 0.486 e. The highest BCUT2D eigenvalue weighted by Crippen LogP contribution is 2.37. The fourth-order valence-corrected chi connectivity index (χ4v) is 2.23. The van der Waals surface area contributed by atoms with E-state index in [2.05, 4.69) is 0 Å². The zero-order chi connectivity index (χ0) is 11.7. The van der Waals surface area contributed by atoms with Gasteiger partial charge in [-0.1, -0.05) is 18.9 Å². The molecule has 92 valence electrons. The van der Waals surface area contributed by atoms with Crippen molar-refractivity contribution in [2.75, 3.05) is 13.2 Å². The number of fused-ring (bicyclic) bond motifs is 1. The van der Waals surface area contributed by atoms with Crippen LogP contribution < -0.4 is 9.47 Å². The summed E-state index contributed by atoms with van der Waals surface area (Å²) in [6.45, 7) is 1.20. The third kappa shape index (κ3) is 2.55. The molecule has 1 aromatic rings. The Morgan fingerprint density at radius 3 is 2.71 bits per heavy atom. The zero-order valence-corrected chi connectivity index (χ0v) is 9.89. The van der Waals surface area contributed by atoms with Crippen LogP contribution in [0, 0.1) is 5.92 Å². The highest BCUT2D eigenvalue weighted by atomic mass is 16.6. The number of hydrogen-bond donors (Lipinski definition) is 1. The van der Waals surface area contributed by atoms with Crippen LogP contribution in [0.15, 0.2) is 18.2 Å². The molecule has 1 heterocycles. The highest BCUT2D eigenvalue weighted by Gasteiger charge is 2.23. The van der Waals surface area contributed by atoms with E-state index in [-0.39, 0.29) is 6.10 Å². The molecule has 1 unspecified atom stereocenters. The Labute approximate surface area is 101 Å². The van der Waals surface area contributed by atoms with E-state index < -0.39 is 0 Å². The molecule has 3 heteroatoms. The van der Waals surface area contributed by atoms with Crippen LogP contribution in [0.25, 0.3) is 0 Å². The molecule has 1 aromatic carbocycles. The number of aliphatic hydroxyl groups excluding tert-OH is 1. The Kier molecular flexibility index (Phi) is 2.93. The summed E-state index contributed by atoms with van der Waals surface area (Å²) in [7, 11) is 0. The Morgan fingerprint density at radius 1 is 1.18 bits per heavy atom. The van der Waals surface area contributed by atoms with Gasteiger partial charge in [0.1, 0.15) is 13.2 Å². The average molecular weight is 234 g/mol. The summed E-state index contributed by atoms with van der Waals surface area (Å²) in [5.41, 5.74) is 0.940. The van der Waals surface area contributed by atoms with Gasteiger partial charge in [-0.25, -0.2) is 0 Å². The summed E-state index contributed by atoms with van der Waals surface area (Å²) in [5.74, 6) is 2.41. The predicted molar refractivity (Wildman–Crippen MR) is 64.3 cm³/mol. The van der Waals surface area contributed by atoms with E-state index in [4.69, 9.17) is 9.47 Å². The smallest absolute Gasteiger partial charge is 0.161 e. The van der Waals surface area contributed by atoms with Gasteiger partial charge in [0.2, 0.25) is 0 Å². The van der Waals surface area contributed by atoms with Crippen molar-refractivity contribution in [3.05, 3.63) is 23.8 Å². The minimum absolute atomic E-state index is 0.369. The number of ether oxygens (including phenoxy) is 2. The van der Waals surface area contributed by atoms with Crippen molar-refractivity contribution in [2.45, 2.75) is 31.8 Å². The molecule has 0 saturated heterocycles. The van der Waals surface area contributed by atoms with E-state index in [9.17, 15) is 5.11 Å². The van der Waals surface area contributed by atoms with Gasteiger partial charge < -0.3 is 14.6 Å². The second-order valence-electron chi connectivity index (χ2n) is 4.94. The fourth-order valence-electron chi connectivity index (χ4n) is 2.23. The molecule has 1 atom stereocenters. The maximum absolute atomic E-state index is 10.1. The van der Waals surface area contributed by atoms with Crippen LogP contribution in [-0.2, 0) is 0 Å². The molecule has 0 amide bonds. The summed E-state index contributed by atoms with van der Waals surface area (Å²) in [6.07, 6.45) is 4.30. The number of aliphatic hydroxyl groups is 1. The molecule has 3 nitrogen and oxygen atoms in total. The molecule has 1 N–H and O–H groups in total. The molecular formula is C14H18O3. The molecule has 1 aliphatic heterocycles. The summed E-state index contributed by atoms with van der Waals surface area (Å²) in [5, 5.41) is 10.1. The van der Waals surface area contributed by atoms with E-state index in [0.717, 1.165) is 35.8 Å². The maximum atomic E-state index is 10.1. The van der Waals surface area contributed by atoms with E-state index >= 15 is 0 Å². The molecule has 0 bridgehead atoms. The van der Waals surface area contributed by atoms with Crippen LogP contribution in [0.2, 0.25) is 0 Å². The number of hydrogen-bond acceptors (Lipinski definition) is 3. The molecule has 2 aliphatic rings. The van der Waals surface area contributed by atoms with Crippen LogP contribution in [0.4, 0.5) is 0 Å². The molecule has 0 radical (unpaired) electrons. The summed E-state index contributed by atoms with van der Waals surface area (Å²) >= 11 is 0. The SMILES string of the molecule is OC(CCC1CC1)c1ccc2c(c1)OCCO2. The van der Waals surface area contributed by atoms with Gasteiger partial charge >= 0.3 is 0 Å². The van der Waals surface area contributed by atoms with Crippen molar-refractivity contribution in [3.8, 4) is 11.5 Å². The maximum Gasteiger partial charge on any atom is 0.161 e. The first-order valence-corrected chi connectivity index (χ1v) is 6.40. The van der Waals surface area contributed by atoms with E-state index in [1.165, 1.54) is 12.8 Å². The first kappa shape index (κ1) is 10.9. The topological polar surface area (TPSA) is 38.7 Å². The molecular weight excluding hydrogens is 216 g/mol. The lowest BCUT2D eigenvalue weighted by atomic mass is 10.0. The molecule has 0 spiro atoms. The minimum atomic E-state index is -0.369. The van der Waals surface area contributed by atoms with E-state index in [1.54, 1.807) is 0 Å². The summed E-state index contributed by atoms with van der Waals surface area (Å²) in [4.78, 5) is 0. The van der Waals surface area contributed by atoms with Crippen LogP contribution >= 0.6 is 0 Å². The highest BCUT2D eigenvalue weighted by molar-refractivity contribution is 5.44. The second-order valence-corrected chi connectivity index (χ2v) is 4.94. The molecule has 1 fully saturated rings. The molecule has 0 aromatic heterocycles. The Morgan fingerprint density at radius 2 is 1.94 bits per heavy atom. The van der Waals surface area contributed by atoms with E-state index in [0.29, 0.717) is 13.2 Å². The Hall–Kier alpha value is -1.22. The van der Waals surface area contributed by atoms with Crippen molar-refractivity contribution in [3.63, 3.8) is 0 Å². The van der Waals surface area contributed by atoms with E-state index in [1.807, 2.05) is 18.2 Å². The van der Waals surface area contributed by atoms with Gasteiger partial charge in [0.25, 0.3) is 0 Å². The fraction of sp³-hybridized carbons (Fsp3) is 0.571. The Balaban J connectivity index is 1.68. The van der Waals surface area contributed by atoms with Gasteiger partial charge in [-0.3, -0.25) is 0 Å². The number of rotatable bonds is 4. The van der Waals surface area contributed by atoms with Gasteiger partial charge in [0.15, 0.2) is 11.5 Å². The van der Waals surface area contributed by atoms with Gasteiger partial charge in [-0.05, 0) is 36.5 Å². The first-order chi connectivity index (χ1) is 8.33. The standard InChI is InChI=1S/C14H18O3/c15-12(5-3-10-1-2-10)11-4-6-13-14(9-11)17-8-7-16-13/h4,6,9-10,12,15H,1-3,5,7-8H2. The molecule has 17 heavy (non-hydrogen) atoms. The lowest BCUT2D eigenvalue weighted by Gasteiger charge is -2.20. The summed E-state index contributed by atoms with van der Waals surface area (Å²) < 4.78 is 11.0. The normalized spacial score (nSPS) is 20.1. The quantitative estimate of drug-likeness (QED) is 0.870. The monoisotopic (exact) mass is 234 g/mol. The van der Waals surface area contributed by atoms with Crippen LogP contribution in [-0.4, -0.2) is 18.3 Å². The zero-order valence-electron chi connectivity index (χ0n) is 9.89. The lowest BCUT2D eigenvalue weighted by molar-refractivity contribution is 0.156. The molecule has 1 saturated carbocycles. The minimum Gasteiger partial charge on any atom is -0.486 e. The summed E-state index contributed by atoms with van der Waals surface area (Å²) in [6, 6.07) is 5.74. The van der Waals surface area contributed by atoms with Crippen LogP contribution in [0.3, 0.4) is 0 Å². The van der Waals surface area contributed by atoms with Gasteiger partial charge in [0, 0.05) is 0 Å². The van der Waals surface area contributed by atoms with Gasteiger partial charge in [-0.15, -0.1) is 0 Å². The second kappa shape index (κ2) is 4.57.